The third-order valence-corrected chi connectivity index (χ3v) is 4.61. The fourth-order valence-electron chi connectivity index (χ4n) is 2.86. The molecule has 1 heterocycles. The van der Waals surface area contributed by atoms with Gasteiger partial charge in [-0.1, -0.05) is 0 Å². The van der Waals surface area contributed by atoms with Gasteiger partial charge in [-0.3, -0.25) is 0 Å². The molecule has 2 aliphatic rings. The lowest BCUT2D eigenvalue weighted by molar-refractivity contribution is 0.185. The third kappa shape index (κ3) is 3.79. The lowest BCUT2D eigenvalue weighted by Gasteiger charge is -2.22. The highest BCUT2D eigenvalue weighted by molar-refractivity contribution is 5.89. The highest BCUT2D eigenvalue weighted by atomic mass is 16.3. The topological polar surface area (TPSA) is 96.2 Å². The molecule has 2 aliphatic carbocycles. The number of amides is 2. The monoisotopic (exact) mass is 342 g/mol. The minimum Gasteiger partial charge on any atom is -0.395 e. The van der Waals surface area contributed by atoms with Gasteiger partial charge in [0.25, 0.3) is 0 Å². The molecule has 2 saturated carbocycles. The Labute approximate surface area is 145 Å². The van der Waals surface area contributed by atoms with Gasteiger partial charge in [-0.05, 0) is 66.3 Å². The van der Waals surface area contributed by atoms with Crippen LogP contribution in [0, 0.1) is 5.92 Å². The lowest BCUT2D eigenvalue weighted by Crippen LogP contribution is -2.38. The zero-order chi connectivity index (χ0) is 17.2. The first-order valence-corrected chi connectivity index (χ1v) is 8.79. The summed E-state index contributed by atoms with van der Waals surface area (Å²) < 4.78 is 1.87. The molecular weight excluding hydrogens is 320 g/mol. The van der Waals surface area contributed by atoms with E-state index in [1.165, 1.54) is 12.8 Å². The van der Waals surface area contributed by atoms with Crippen molar-refractivity contribution in [2.45, 2.75) is 31.7 Å². The van der Waals surface area contributed by atoms with Gasteiger partial charge in [0.1, 0.15) is 0 Å². The highest BCUT2D eigenvalue weighted by Gasteiger charge is 2.28. The maximum absolute atomic E-state index is 12.4. The fraction of sp³-hybridized carbons (Fsp3) is 0.529. The SMILES string of the molecule is O=C(Nc1ccc(-c2nnnn2C2CC2)cc1)N(CCO)CC1CC1. The van der Waals surface area contributed by atoms with Gasteiger partial charge < -0.3 is 15.3 Å². The lowest BCUT2D eigenvalue weighted by atomic mass is 10.2. The van der Waals surface area contributed by atoms with Gasteiger partial charge >= 0.3 is 6.03 Å². The second-order valence-corrected chi connectivity index (χ2v) is 6.80. The average Bonchev–Trinajstić information content (AvgIpc) is 3.55. The van der Waals surface area contributed by atoms with Gasteiger partial charge in [-0.15, -0.1) is 5.10 Å². The normalized spacial score (nSPS) is 16.7. The van der Waals surface area contributed by atoms with Crippen molar-refractivity contribution in [3.63, 3.8) is 0 Å². The Morgan fingerprint density at radius 2 is 2.00 bits per heavy atom. The second-order valence-electron chi connectivity index (χ2n) is 6.80. The first-order chi connectivity index (χ1) is 12.2. The van der Waals surface area contributed by atoms with Crippen LogP contribution in [0.5, 0.6) is 0 Å². The molecule has 2 fully saturated rings. The summed E-state index contributed by atoms with van der Waals surface area (Å²) >= 11 is 0. The molecule has 0 unspecified atom stereocenters. The summed E-state index contributed by atoms with van der Waals surface area (Å²) in [5, 5.41) is 24.0. The minimum absolute atomic E-state index is 0.0249. The number of anilines is 1. The summed E-state index contributed by atoms with van der Waals surface area (Å²) in [5.74, 6) is 1.34. The van der Waals surface area contributed by atoms with Crippen LogP contribution in [0.2, 0.25) is 0 Å². The van der Waals surface area contributed by atoms with E-state index in [1.807, 2.05) is 28.9 Å². The van der Waals surface area contributed by atoms with Crippen LogP contribution in [-0.4, -0.2) is 55.9 Å². The van der Waals surface area contributed by atoms with E-state index in [9.17, 15) is 4.79 Å². The number of tetrazole rings is 1. The maximum Gasteiger partial charge on any atom is 0.321 e. The van der Waals surface area contributed by atoms with Crippen molar-refractivity contribution in [3.8, 4) is 11.4 Å². The number of benzene rings is 1. The van der Waals surface area contributed by atoms with Gasteiger partial charge in [0.05, 0.1) is 12.6 Å². The number of nitrogens with one attached hydrogen (secondary N) is 1. The number of urea groups is 1. The molecule has 1 aromatic heterocycles. The first kappa shape index (κ1) is 16.0. The minimum atomic E-state index is -0.170. The largest absolute Gasteiger partial charge is 0.395 e. The molecule has 4 rings (SSSR count). The molecule has 0 saturated heterocycles. The smallest absolute Gasteiger partial charge is 0.321 e. The van der Waals surface area contributed by atoms with Crippen LogP contribution in [0.1, 0.15) is 31.7 Å². The van der Waals surface area contributed by atoms with E-state index < -0.39 is 0 Å². The highest BCUT2D eigenvalue weighted by Crippen LogP contribution is 2.36. The molecule has 8 heteroatoms. The number of nitrogens with zero attached hydrogens (tertiary/aromatic N) is 5. The van der Waals surface area contributed by atoms with Crippen LogP contribution >= 0.6 is 0 Å². The summed E-state index contributed by atoms with van der Waals surface area (Å²) in [6.45, 7) is 1.04. The molecule has 0 aliphatic heterocycles. The summed E-state index contributed by atoms with van der Waals surface area (Å²) in [4.78, 5) is 14.1. The summed E-state index contributed by atoms with van der Waals surface area (Å²) in [6, 6.07) is 7.78. The molecule has 0 radical (unpaired) electrons. The van der Waals surface area contributed by atoms with Crippen LogP contribution in [0.15, 0.2) is 24.3 Å². The third-order valence-electron chi connectivity index (χ3n) is 4.61. The van der Waals surface area contributed by atoms with Gasteiger partial charge in [0.2, 0.25) is 0 Å². The van der Waals surface area contributed by atoms with Crippen molar-refractivity contribution in [1.82, 2.24) is 25.1 Å². The van der Waals surface area contributed by atoms with Crippen molar-refractivity contribution < 1.29 is 9.90 Å². The van der Waals surface area contributed by atoms with E-state index >= 15 is 0 Å². The standard InChI is InChI=1S/C17H22N6O2/c24-10-9-22(11-12-1-2-12)17(25)18-14-5-3-13(4-6-14)16-19-20-21-23(16)15-7-8-15/h3-6,12,15,24H,1-2,7-11H2,(H,18,25). The summed E-state index contributed by atoms with van der Waals surface area (Å²) in [5.41, 5.74) is 1.65. The van der Waals surface area contributed by atoms with Crippen LogP contribution in [0.3, 0.4) is 0 Å². The quantitative estimate of drug-likeness (QED) is 0.801. The molecule has 0 atom stereocenters. The molecule has 2 amide bonds. The zero-order valence-electron chi connectivity index (χ0n) is 14.0. The van der Waals surface area contributed by atoms with Crippen LogP contribution < -0.4 is 5.32 Å². The zero-order valence-corrected chi connectivity index (χ0v) is 14.0. The Hall–Kier alpha value is -2.48. The van der Waals surface area contributed by atoms with E-state index in [0.29, 0.717) is 25.0 Å². The number of aliphatic hydroxyl groups excluding tert-OH is 1. The van der Waals surface area contributed by atoms with Crippen LogP contribution in [0.4, 0.5) is 10.5 Å². The Balaban J connectivity index is 1.42. The van der Waals surface area contributed by atoms with Crippen LogP contribution in [-0.2, 0) is 0 Å². The van der Waals surface area contributed by atoms with Gasteiger partial charge in [0, 0.05) is 24.3 Å². The molecule has 25 heavy (non-hydrogen) atoms. The molecule has 0 spiro atoms. The Morgan fingerprint density at radius 3 is 2.64 bits per heavy atom. The Bertz CT molecular complexity index is 736. The van der Waals surface area contributed by atoms with E-state index in [4.69, 9.17) is 5.11 Å². The maximum atomic E-state index is 12.4. The predicted octanol–water partition coefficient (Wildman–Crippen LogP) is 1.91. The number of carbonyl (C=O) groups excluding carboxylic acids is 1. The molecule has 2 aromatic rings. The second kappa shape index (κ2) is 6.79. The average molecular weight is 342 g/mol. The molecule has 8 nitrogen and oxygen atoms in total. The van der Waals surface area contributed by atoms with Gasteiger partial charge in [0.15, 0.2) is 5.82 Å². The predicted molar refractivity (Wildman–Crippen MR) is 91.9 cm³/mol. The number of carbonyl (C=O) groups is 1. The first-order valence-electron chi connectivity index (χ1n) is 8.79. The van der Waals surface area contributed by atoms with E-state index in [-0.39, 0.29) is 12.6 Å². The van der Waals surface area contributed by atoms with Crippen molar-refractivity contribution in [2.75, 3.05) is 25.0 Å². The van der Waals surface area contributed by atoms with E-state index in [2.05, 4.69) is 20.8 Å². The molecular formula is C17H22N6O2. The van der Waals surface area contributed by atoms with Gasteiger partial charge in [-0.2, -0.15) is 0 Å². The number of aliphatic hydroxyl groups is 1. The van der Waals surface area contributed by atoms with Crippen molar-refractivity contribution in [1.29, 1.82) is 0 Å². The fourth-order valence-corrected chi connectivity index (χ4v) is 2.86. The van der Waals surface area contributed by atoms with E-state index in [1.54, 1.807) is 4.90 Å². The van der Waals surface area contributed by atoms with Crippen molar-refractivity contribution >= 4 is 11.7 Å². The number of hydrogen-bond acceptors (Lipinski definition) is 5. The molecule has 1 aromatic carbocycles. The number of rotatable bonds is 7. The Kier molecular flexibility index (Phi) is 4.35. The van der Waals surface area contributed by atoms with Gasteiger partial charge in [-0.25, -0.2) is 9.48 Å². The van der Waals surface area contributed by atoms with E-state index in [0.717, 1.165) is 29.9 Å². The van der Waals surface area contributed by atoms with Crippen LogP contribution in [0.25, 0.3) is 11.4 Å². The summed E-state index contributed by atoms with van der Waals surface area (Å²) in [6.07, 6.45) is 4.57. The van der Waals surface area contributed by atoms with Crippen molar-refractivity contribution in [3.05, 3.63) is 24.3 Å². The van der Waals surface area contributed by atoms with Crippen molar-refractivity contribution in [2.24, 2.45) is 5.92 Å². The number of hydrogen-bond donors (Lipinski definition) is 2. The Morgan fingerprint density at radius 1 is 1.24 bits per heavy atom. The molecule has 2 N–H and O–H groups in total. The number of aromatic nitrogens is 4. The summed E-state index contributed by atoms with van der Waals surface area (Å²) in [7, 11) is 0. The molecule has 132 valence electrons. The molecule has 0 bridgehead atoms.